The number of hydrogen-bond donors (Lipinski definition) is 11. The number of likely N-dealkylation sites (N-methyl/N-ethyl adjacent to an activating group) is 1. The van der Waals surface area contributed by atoms with Crippen molar-refractivity contribution < 1.29 is 78.6 Å². The third kappa shape index (κ3) is 18.3. The zero-order valence-corrected chi connectivity index (χ0v) is 25.2. The van der Waals surface area contributed by atoms with Crippen LogP contribution in [0.15, 0.2) is 0 Å². The molecule has 0 heterocycles. The van der Waals surface area contributed by atoms with Gasteiger partial charge in [-0.2, -0.15) is 0 Å². The van der Waals surface area contributed by atoms with Crippen molar-refractivity contribution in [1.82, 2.24) is 26.6 Å². The molecule has 0 aliphatic rings. The summed E-state index contributed by atoms with van der Waals surface area (Å²) in [5.41, 5.74) is 0. The first kappa shape index (κ1) is 41.7. The standard InChI is InChI=1S/C26H39N5O16/c1-27-12(2-7-17(32)33)22(42)28-13(3-8-18(34)35)23(43)29-14(4-9-19(36)37)24(44)30-15(5-10-20(38)39)25(45)31-16(26(46)47)6-11-21(40)41/h12-16,27H,2-11H2,1H3,(H,28,42)(H,29,43)(H,30,44)(H,31,45)(H,32,33)(H,34,35)(H,36,37)(H,38,39)(H,40,41)(H,46,47)/t12-,13-,14-,15-,16-/m0/s1. The highest BCUT2D eigenvalue weighted by Gasteiger charge is 2.33. The van der Waals surface area contributed by atoms with Crippen molar-refractivity contribution in [2.45, 2.75) is 94.4 Å². The van der Waals surface area contributed by atoms with Gasteiger partial charge in [0, 0.05) is 32.1 Å². The van der Waals surface area contributed by atoms with Gasteiger partial charge in [-0.3, -0.25) is 43.2 Å². The topological polar surface area (TPSA) is 352 Å². The van der Waals surface area contributed by atoms with E-state index in [0.717, 1.165) is 0 Å². The average molecular weight is 678 g/mol. The molecule has 0 unspecified atom stereocenters. The van der Waals surface area contributed by atoms with Gasteiger partial charge in [0.2, 0.25) is 23.6 Å². The number of carboxylic acids is 6. The second kappa shape index (κ2) is 21.4. The smallest absolute Gasteiger partial charge is 0.326 e. The first-order valence-electron chi connectivity index (χ1n) is 14.1. The van der Waals surface area contributed by atoms with Crippen LogP contribution < -0.4 is 26.6 Å². The lowest BCUT2D eigenvalue weighted by molar-refractivity contribution is -0.144. The Kier molecular flexibility index (Phi) is 19.0. The molecule has 0 saturated heterocycles. The van der Waals surface area contributed by atoms with Crippen molar-refractivity contribution in [2.24, 2.45) is 0 Å². The number of aliphatic carboxylic acids is 6. The normalized spacial score (nSPS) is 13.8. The summed E-state index contributed by atoms with van der Waals surface area (Å²) in [4.78, 5) is 119. The number of amides is 4. The van der Waals surface area contributed by atoms with Crippen LogP contribution in [0.2, 0.25) is 0 Å². The first-order valence-corrected chi connectivity index (χ1v) is 14.1. The fourth-order valence-corrected chi connectivity index (χ4v) is 3.90. The summed E-state index contributed by atoms with van der Waals surface area (Å²) in [6, 6.07) is -8.03. The van der Waals surface area contributed by atoms with Crippen LogP contribution in [0.3, 0.4) is 0 Å². The van der Waals surface area contributed by atoms with Gasteiger partial charge < -0.3 is 57.2 Å². The highest BCUT2D eigenvalue weighted by molar-refractivity contribution is 5.96. The van der Waals surface area contributed by atoms with Crippen molar-refractivity contribution in [3.63, 3.8) is 0 Å². The second-order valence-corrected chi connectivity index (χ2v) is 10.1. The van der Waals surface area contributed by atoms with Crippen molar-refractivity contribution in [3.05, 3.63) is 0 Å². The van der Waals surface area contributed by atoms with E-state index in [0.29, 0.717) is 0 Å². The lowest BCUT2D eigenvalue weighted by Gasteiger charge is -2.26. The van der Waals surface area contributed by atoms with Gasteiger partial charge in [-0.1, -0.05) is 0 Å². The minimum Gasteiger partial charge on any atom is -0.481 e. The zero-order chi connectivity index (χ0) is 36.3. The molecule has 5 atom stereocenters. The SMILES string of the molecule is CN[C@@H](CCC(=O)O)C(=O)N[C@@H](CCC(=O)O)C(=O)N[C@@H](CCC(=O)O)C(=O)N[C@@H](CCC(=O)O)C(=O)N[C@@H](CCC(=O)O)C(=O)O. The molecule has 0 aromatic heterocycles. The maximum absolute atomic E-state index is 13.2. The van der Waals surface area contributed by atoms with Crippen LogP contribution in [0.5, 0.6) is 0 Å². The average Bonchev–Trinajstić information content (AvgIpc) is 2.96. The Balaban J connectivity index is 6.14. The molecule has 0 fully saturated rings. The fourth-order valence-electron chi connectivity index (χ4n) is 3.90. The number of rotatable bonds is 25. The monoisotopic (exact) mass is 677 g/mol. The van der Waals surface area contributed by atoms with Crippen LogP contribution in [0.4, 0.5) is 0 Å². The van der Waals surface area contributed by atoms with Crippen molar-refractivity contribution in [1.29, 1.82) is 0 Å². The Morgan fingerprint density at radius 3 is 0.830 bits per heavy atom. The molecule has 0 spiro atoms. The summed E-state index contributed by atoms with van der Waals surface area (Å²) in [6.07, 6.45) is -5.76. The highest BCUT2D eigenvalue weighted by atomic mass is 16.4. The number of carboxylic acid groups (broad SMARTS) is 6. The molecule has 47 heavy (non-hydrogen) atoms. The summed E-state index contributed by atoms with van der Waals surface area (Å²) in [5, 5.41) is 65.4. The molecule has 4 amide bonds. The van der Waals surface area contributed by atoms with E-state index in [-0.39, 0.29) is 6.42 Å². The molecule has 0 radical (unpaired) electrons. The minimum absolute atomic E-state index is 0.215. The van der Waals surface area contributed by atoms with E-state index in [4.69, 9.17) is 25.5 Å². The molecule has 0 bridgehead atoms. The van der Waals surface area contributed by atoms with Crippen molar-refractivity contribution >= 4 is 59.4 Å². The van der Waals surface area contributed by atoms with Gasteiger partial charge in [0.05, 0.1) is 6.04 Å². The number of carbonyl (C=O) groups is 10. The second-order valence-electron chi connectivity index (χ2n) is 10.1. The maximum Gasteiger partial charge on any atom is 0.326 e. The predicted octanol–water partition coefficient (Wildman–Crippen LogP) is -3.08. The largest absolute Gasteiger partial charge is 0.481 e. The minimum atomic E-state index is -1.77. The highest BCUT2D eigenvalue weighted by Crippen LogP contribution is 2.08. The van der Waals surface area contributed by atoms with E-state index in [1.54, 1.807) is 0 Å². The molecule has 11 N–H and O–H groups in total. The Labute approximate surface area is 266 Å². The maximum atomic E-state index is 13.2. The molecule has 21 nitrogen and oxygen atoms in total. The molecule has 21 heteroatoms. The van der Waals surface area contributed by atoms with Gasteiger partial charge >= 0.3 is 35.8 Å². The van der Waals surface area contributed by atoms with Gasteiger partial charge in [-0.05, 0) is 39.2 Å². The summed E-state index contributed by atoms with van der Waals surface area (Å²) in [5.74, 6) is -13.0. The van der Waals surface area contributed by atoms with E-state index in [1.165, 1.54) is 7.05 Å². The molecule has 0 aliphatic carbocycles. The van der Waals surface area contributed by atoms with Gasteiger partial charge in [-0.15, -0.1) is 0 Å². The molecular formula is C26H39N5O16. The Bertz CT molecular complexity index is 1190. The molecule has 0 aromatic carbocycles. The molecular weight excluding hydrogens is 638 g/mol. The van der Waals surface area contributed by atoms with Gasteiger partial charge in [0.25, 0.3) is 0 Å². The van der Waals surface area contributed by atoms with E-state index in [1.807, 2.05) is 5.32 Å². The van der Waals surface area contributed by atoms with Crippen LogP contribution in [-0.4, -0.2) is 127 Å². The van der Waals surface area contributed by atoms with E-state index >= 15 is 0 Å². The number of carbonyl (C=O) groups excluding carboxylic acids is 4. The summed E-state index contributed by atoms with van der Waals surface area (Å²) in [6.45, 7) is 0. The van der Waals surface area contributed by atoms with Crippen LogP contribution >= 0.6 is 0 Å². The number of nitrogens with one attached hydrogen (secondary N) is 5. The van der Waals surface area contributed by atoms with Crippen LogP contribution in [-0.2, 0) is 47.9 Å². The van der Waals surface area contributed by atoms with Crippen LogP contribution in [0.25, 0.3) is 0 Å². The fraction of sp³-hybridized carbons (Fsp3) is 0.615. The molecule has 0 saturated carbocycles. The molecule has 264 valence electrons. The van der Waals surface area contributed by atoms with E-state index < -0.39 is 147 Å². The predicted molar refractivity (Wildman–Crippen MR) is 153 cm³/mol. The van der Waals surface area contributed by atoms with E-state index in [2.05, 4.69) is 21.3 Å². The molecule has 0 rings (SSSR count). The summed E-state index contributed by atoms with van der Waals surface area (Å²) >= 11 is 0. The Morgan fingerprint density at radius 2 is 0.596 bits per heavy atom. The van der Waals surface area contributed by atoms with Gasteiger partial charge in [-0.25, -0.2) is 4.79 Å². The summed E-state index contributed by atoms with van der Waals surface area (Å²) in [7, 11) is 1.33. The lowest BCUT2D eigenvalue weighted by atomic mass is 10.0. The third-order valence-corrected chi connectivity index (χ3v) is 6.41. The van der Waals surface area contributed by atoms with Crippen LogP contribution in [0.1, 0.15) is 64.2 Å². The van der Waals surface area contributed by atoms with Crippen molar-refractivity contribution in [2.75, 3.05) is 7.05 Å². The van der Waals surface area contributed by atoms with Gasteiger partial charge in [0.1, 0.15) is 24.2 Å². The summed E-state index contributed by atoms with van der Waals surface area (Å²) < 4.78 is 0. The Hall–Kier alpha value is -5.34. The zero-order valence-electron chi connectivity index (χ0n) is 25.2. The number of hydrogen-bond acceptors (Lipinski definition) is 11. The molecule has 0 aromatic rings. The third-order valence-electron chi connectivity index (χ3n) is 6.41. The Morgan fingerprint density at radius 1 is 0.383 bits per heavy atom. The van der Waals surface area contributed by atoms with Crippen LogP contribution in [0, 0.1) is 0 Å². The quantitative estimate of drug-likeness (QED) is 0.0456. The van der Waals surface area contributed by atoms with Gasteiger partial charge in [0.15, 0.2) is 0 Å². The van der Waals surface area contributed by atoms with E-state index in [9.17, 15) is 53.1 Å². The van der Waals surface area contributed by atoms with Crippen molar-refractivity contribution in [3.8, 4) is 0 Å². The lowest BCUT2D eigenvalue weighted by Crippen LogP contribution is -2.58. The molecule has 0 aliphatic heterocycles. The first-order chi connectivity index (χ1) is 21.9.